The first-order valence-corrected chi connectivity index (χ1v) is 10.0. The predicted molar refractivity (Wildman–Crippen MR) is 115 cm³/mol. The number of nitrogens with zero attached hydrogens (tertiary/aromatic N) is 5. The predicted octanol–water partition coefficient (Wildman–Crippen LogP) is 1.00. The smallest absolute Gasteiger partial charge is 0.320 e. The molecule has 0 spiro atoms. The monoisotopic (exact) mass is 412 g/mol. The molecule has 3 N–H and O–H groups in total. The number of amides is 3. The standard InChI is InChI=1S/C20H28N8O2/c1-4-22-20(30)25-18-11-15(12-23-26-18)13-27-7-9-28(10-8-27)17-6-5-16(19(29)21-3)24-14(17)2/h5-6,11-12H,4,7-10,13H2,1-3H3,(H,21,29)(H2,22,25,26,30). The van der Waals surface area contributed by atoms with Crippen LogP contribution in [0.25, 0.3) is 0 Å². The third-order valence-corrected chi connectivity index (χ3v) is 4.93. The fraction of sp³-hybridized carbons (Fsp3) is 0.450. The molecule has 0 aliphatic carbocycles. The summed E-state index contributed by atoms with van der Waals surface area (Å²) in [5, 5.41) is 15.9. The van der Waals surface area contributed by atoms with E-state index in [4.69, 9.17) is 0 Å². The van der Waals surface area contributed by atoms with Crippen LogP contribution < -0.4 is 20.9 Å². The van der Waals surface area contributed by atoms with Crippen LogP contribution in [0, 0.1) is 6.92 Å². The van der Waals surface area contributed by atoms with Crippen molar-refractivity contribution in [2.75, 3.05) is 50.0 Å². The van der Waals surface area contributed by atoms with E-state index in [1.165, 1.54) is 0 Å². The fourth-order valence-electron chi connectivity index (χ4n) is 3.42. The Labute approximate surface area is 176 Å². The van der Waals surface area contributed by atoms with Crippen molar-refractivity contribution in [2.24, 2.45) is 0 Å². The van der Waals surface area contributed by atoms with E-state index in [1.54, 1.807) is 19.3 Å². The van der Waals surface area contributed by atoms with E-state index in [-0.39, 0.29) is 11.9 Å². The number of nitrogens with one attached hydrogen (secondary N) is 3. The number of rotatable bonds is 6. The zero-order valence-corrected chi connectivity index (χ0v) is 17.6. The molecule has 160 valence electrons. The second-order valence-corrected chi connectivity index (χ2v) is 7.08. The van der Waals surface area contributed by atoms with Crippen molar-refractivity contribution in [3.05, 3.63) is 41.3 Å². The van der Waals surface area contributed by atoms with Crippen molar-refractivity contribution in [3.63, 3.8) is 0 Å². The average molecular weight is 412 g/mol. The molecule has 2 aromatic heterocycles. The van der Waals surface area contributed by atoms with Gasteiger partial charge in [-0.2, -0.15) is 5.10 Å². The van der Waals surface area contributed by atoms with Crippen LogP contribution in [0.15, 0.2) is 24.4 Å². The van der Waals surface area contributed by atoms with E-state index in [2.05, 4.69) is 40.9 Å². The summed E-state index contributed by atoms with van der Waals surface area (Å²) in [4.78, 5) is 32.5. The zero-order chi connectivity index (χ0) is 21.5. The molecule has 0 unspecified atom stereocenters. The Hall–Kier alpha value is -3.27. The number of aryl methyl sites for hydroxylation is 1. The lowest BCUT2D eigenvalue weighted by Gasteiger charge is -2.36. The minimum Gasteiger partial charge on any atom is -0.368 e. The van der Waals surface area contributed by atoms with Crippen molar-refractivity contribution in [1.29, 1.82) is 0 Å². The van der Waals surface area contributed by atoms with Crippen LogP contribution in [0.2, 0.25) is 0 Å². The number of carbonyl (C=O) groups is 2. The molecule has 3 amide bonds. The van der Waals surface area contributed by atoms with Crippen LogP contribution in [0.3, 0.4) is 0 Å². The molecule has 3 rings (SSSR count). The number of anilines is 2. The third kappa shape index (κ3) is 5.41. The molecule has 2 aromatic rings. The van der Waals surface area contributed by atoms with Crippen LogP contribution in [-0.4, -0.2) is 71.8 Å². The molecule has 0 aromatic carbocycles. The van der Waals surface area contributed by atoms with Gasteiger partial charge in [-0.05, 0) is 37.6 Å². The van der Waals surface area contributed by atoms with Gasteiger partial charge in [-0.25, -0.2) is 9.78 Å². The van der Waals surface area contributed by atoms with Crippen LogP contribution in [-0.2, 0) is 6.54 Å². The molecule has 1 aliphatic heterocycles. The Balaban J connectivity index is 1.56. The molecule has 0 bridgehead atoms. The molecule has 1 aliphatic rings. The number of piperazine rings is 1. The molecular weight excluding hydrogens is 384 g/mol. The maximum Gasteiger partial charge on any atom is 0.320 e. The highest BCUT2D eigenvalue weighted by molar-refractivity contribution is 5.92. The second kappa shape index (κ2) is 9.97. The molecule has 0 atom stereocenters. The first kappa shape index (κ1) is 21.4. The maximum atomic E-state index is 11.8. The van der Waals surface area contributed by atoms with Gasteiger partial charge in [0.15, 0.2) is 5.82 Å². The summed E-state index contributed by atoms with van der Waals surface area (Å²) in [6.07, 6.45) is 1.72. The normalized spacial score (nSPS) is 14.3. The highest BCUT2D eigenvalue weighted by Gasteiger charge is 2.20. The van der Waals surface area contributed by atoms with E-state index in [1.807, 2.05) is 26.0 Å². The van der Waals surface area contributed by atoms with Crippen LogP contribution in [0.4, 0.5) is 16.3 Å². The fourth-order valence-corrected chi connectivity index (χ4v) is 3.42. The lowest BCUT2D eigenvalue weighted by molar-refractivity contribution is 0.0958. The quantitative estimate of drug-likeness (QED) is 0.648. The summed E-state index contributed by atoms with van der Waals surface area (Å²) in [7, 11) is 1.60. The summed E-state index contributed by atoms with van der Waals surface area (Å²) < 4.78 is 0. The average Bonchev–Trinajstić information content (AvgIpc) is 2.74. The highest BCUT2D eigenvalue weighted by atomic mass is 16.2. The molecule has 0 saturated carbocycles. The Kier molecular flexibility index (Phi) is 7.12. The van der Waals surface area contributed by atoms with Crippen LogP contribution in [0.1, 0.15) is 28.7 Å². The van der Waals surface area contributed by atoms with Crippen molar-refractivity contribution in [2.45, 2.75) is 20.4 Å². The van der Waals surface area contributed by atoms with Crippen molar-refractivity contribution in [3.8, 4) is 0 Å². The molecule has 1 fully saturated rings. The van der Waals surface area contributed by atoms with E-state index in [9.17, 15) is 9.59 Å². The largest absolute Gasteiger partial charge is 0.368 e. The van der Waals surface area contributed by atoms with Gasteiger partial charge >= 0.3 is 6.03 Å². The molecule has 0 radical (unpaired) electrons. The molecule has 30 heavy (non-hydrogen) atoms. The summed E-state index contributed by atoms with van der Waals surface area (Å²) in [6.45, 7) is 8.58. The number of urea groups is 1. The van der Waals surface area contributed by atoms with Gasteiger partial charge in [0.1, 0.15) is 5.69 Å². The Bertz CT molecular complexity index is 896. The van der Waals surface area contributed by atoms with Gasteiger partial charge in [0, 0.05) is 46.3 Å². The lowest BCUT2D eigenvalue weighted by atomic mass is 10.2. The van der Waals surface area contributed by atoms with E-state index < -0.39 is 0 Å². The van der Waals surface area contributed by atoms with Gasteiger partial charge in [0.05, 0.1) is 17.6 Å². The van der Waals surface area contributed by atoms with Crippen molar-refractivity contribution >= 4 is 23.4 Å². The SMILES string of the molecule is CCNC(=O)Nc1cc(CN2CCN(c3ccc(C(=O)NC)nc3C)CC2)cnn1. The number of carbonyl (C=O) groups excluding carboxylic acids is 2. The van der Waals surface area contributed by atoms with E-state index in [0.29, 0.717) is 18.1 Å². The Morgan fingerprint density at radius 3 is 2.60 bits per heavy atom. The molecule has 10 heteroatoms. The van der Waals surface area contributed by atoms with Crippen LogP contribution in [0.5, 0.6) is 0 Å². The number of hydrogen-bond donors (Lipinski definition) is 3. The molecule has 3 heterocycles. The van der Waals surface area contributed by atoms with E-state index >= 15 is 0 Å². The minimum atomic E-state index is -0.288. The number of hydrogen-bond acceptors (Lipinski definition) is 7. The van der Waals surface area contributed by atoms with Crippen molar-refractivity contribution < 1.29 is 9.59 Å². The van der Waals surface area contributed by atoms with Gasteiger partial charge < -0.3 is 15.5 Å². The molecular formula is C20H28N8O2. The van der Waals surface area contributed by atoms with Crippen LogP contribution >= 0.6 is 0 Å². The van der Waals surface area contributed by atoms with Gasteiger partial charge in [-0.3, -0.25) is 15.0 Å². The third-order valence-electron chi connectivity index (χ3n) is 4.93. The van der Waals surface area contributed by atoms with Gasteiger partial charge in [0.25, 0.3) is 5.91 Å². The topological polar surface area (TPSA) is 115 Å². The number of aromatic nitrogens is 3. The first-order chi connectivity index (χ1) is 14.5. The lowest BCUT2D eigenvalue weighted by Crippen LogP contribution is -2.46. The highest BCUT2D eigenvalue weighted by Crippen LogP contribution is 2.21. The summed E-state index contributed by atoms with van der Waals surface area (Å²) in [6, 6.07) is 5.29. The zero-order valence-electron chi connectivity index (χ0n) is 17.6. The summed E-state index contributed by atoms with van der Waals surface area (Å²) in [5.41, 5.74) is 3.34. The van der Waals surface area contributed by atoms with Gasteiger partial charge in [-0.1, -0.05) is 0 Å². The summed E-state index contributed by atoms with van der Waals surface area (Å²) in [5.74, 6) is 0.261. The number of pyridine rings is 1. The molecule has 10 nitrogen and oxygen atoms in total. The Morgan fingerprint density at radius 1 is 1.17 bits per heavy atom. The van der Waals surface area contributed by atoms with E-state index in [0.717, 1.165) is 49.7 Å². The first-order valence-electron chi connectivity index (χ1n) is 10.0. The second-order valence-electron chi connectivity index (χ2n) is 7.08. The van der Waals surface area contributed by atoms with Crippen molar-refractivity contribution in [1.82, 2.24) is 30.7 Å². The Morgan fingerprint density at radius 2 is 1.93 bits per heavy atom. The molecule has 1 saturated heterocycles. The summed E-state index contributed by atoms with van der Waals surface area (Å²) >= 11 is 0. The van der Waals surface area contributed by atoms with Gasteiger partial charge in [-0.15, -0.1) is 5.10 Å². The minimum absolute atomic E-state index is 0.179. The van der Waals surface area contributed by atoms with Gasteiger partial charge in [0.2, 0.25) is 0 Å². The maximum absolute atomic E-state index is 11.8.